The van der Waals surface area contributed by atoms with Crippen LogP contribution in [0.4, 0.5) is 0 Å². The Hall–Kier alpha value is -2.49. The average molecular weight is 295 g/mol. The second kappa shape index (κ2) is 5.37. The van der Waals surface area contributed by atoms with E-state index in [0.29, 0.717) is 18.0 Å². The first-order chi connectivity index (χ1) is 10.8. The predicted molar refractivity (Wildman–Crippen MR) is 81.9 cm³/mol. The van der Waals surface area contributed by atoms with Crippen LogP contribution in [0.25, 0.3) is 0 Å². The van der Waals surface area contributed by atoms with Crippen LogP contribution in [0.2, 0.25) is 0 Å². The molecule has 2 aliphatic heterocycles. The molecule has 0 saturated carbocycles. The monoisotopic (exact) mass is 295 g/mol. The van der Waals surface area contributed by atoms with Gasteiger partial charge in [0.05, 0.1) is 0 Å². The molecule has 2 aromatic rings. The third-order valence-corrected chi connectivity index (χ3v) is 4.23. The highest BCUT2D eigenvalue weighted by atomic mass is 16.6. The first-order valence-electron chi connectivity index (χ1n) is 7.55. The van der Waals surface area contributed by atoms with Gasteiger partial charge in [-0.1, -0.05) is 36.4 Å². The van der Waals surface area contributed by atoms with Gasteiger partial charge in [-0.05, 0) is 29.7 Å². The van der Waals surface area contributed by atoms with Crippen LogP contribution in [0, 0.1) is 0 Å². The van der Waals surface area contributed by atoms with Gasteiger partial charge in [-0.2, -0.15) is 0 Å². The molecule has 22 heavy (non-hydrogen) atoms. The van der Waals surface area contributed by atoms with Crippen molar-refractivity contribution in [3.63, 3.8) is 0 Å². The Kier molecular flexibility index (Phi) is 3.22. The highest BCUT2D eigenvalue weighted by Crippen LogP contribution is 2.31. The third-order valence-electron chi connectivity index (χ3n) is 4.23. The minimum Gasteiger partial charge on any atom is -0.485 e. The highest BCUT2D eigenvalue weighted by Gasteiger charge is 2.32. The fourth-order valence-electron chi connectivity index (χ4n) is 3.03. The van der Waals surface area contributed by atoms with E-state index in [1.165, 1.54) is 11.1 Å². The number of hydrogen-bond donors (Lipinski definition) is 0. The lowest BCUT2D eigenvalue weighted by molar-refractivity contribution is -0.142. The van der Waals surface area contributed by atoms with Gasteiger partial charge in [0.15, 0.2) is 11.5 Å². The number of benzene rings is 2. The van der Waals surface area contributed by atoms with Crippen molar-refractivity contribution in [2.24, 2.45) is 0 Å². The number of carbonyl (C=O) groups is 1. The second-order valence-electron chi connectivity index (χ2n) is 5.64. The lowest BCUT2D eigenvalue weighted by atomic mass is 9.99. The molecule has 4 nitrogen and oxygen atoms in total. The largest absolute Gasteiger partial charge is 0.485 e. The van der Waals surface area contributed by atoms with Crippen molar-refractivity contribution in [1.29, 1.82) is 0 Å². The van der Waals surface area contributed by atoms with Gasteiger partial charge in [-0.15, -0.1) is 0 Å². The highest BCUT2D eigenvalue weighted by molar-refractivity contribution is 5.82. The summed E-state index contributed by atoms with van der Waals surface area (Å²) in [5, 5.41) is 0. The Morgan fingerprint density at radius 1 is 1.00 bits per heavy atom. The van der Waals surface area contributed by atoms with Gasteiger partial charge in [0.1, 0.15) is 6.61 Å². The molecular weight excluding hydrogens is 278 g/mol. The van der Waals surface area contributed by atoms with E-state index in [1.54, 1.807) is 0 Å². The summed E-state index contributed by atoms with van der Waals surface area (Å²) in [5.74, 6) is 1.35. The summed E-state index contributed by atoms with van der Waals surface area (Å²) in [4.78, 5) is 14.6. The van der Waals surface area contributed by atoms with E-state index >= 15 is 0 Å². The summed E-state index contributed by atoms with van der Waals surface area (Å²) in [6, 6.07) is 15.7. The van der Waals surface area contributed by atoms with Crippen molar-refractivity contribution in [2.75, 3.05) is 13.2 Å². The van der Waals surface area contributed by atoms with Crippen LogP contribution in [0.5, 0.6) is 11.5 Å². The molecule has 0 aliphatic carbocycles. The van der Waals surface area contributed by atoms with Gasteiger partial charge in [0.2, 0.25) is 6.10 Å². The number of hydrogen-bond acceptors (Lipinski definition) is 3. The summed E-state index contributed by atoms with van der Waals surface area (Å²) in [6.45, 7) is 1.65. The molecule has 0 fully saturated rings. The van der Waals surface area contributed by atoms with E-state index in [1.807, 2.05) is 41.3 Å². The van der Waals surface area contributed by atoms with Crippen LogP contribution < -0.4 is 9.47 Å². The number of carbonyl (C=O) groups excluding carboxylic acids is 1. The second-order valence-corrected chi connectivity index (χ2v) is 5.64. The van der Waals surface area contributed by atoms with E-state index in [-0.39, 0.29) is 12.5 Å². The smallest absolute Gasteiger partial charge is 0.267 e. The number of rotatable bonds is 1. The molecule has 0 N–H and O–H groups in total. The fourth-order valence-corrected chi connectivity index (χ4v) is 3.03. The van der Waals surface area contributed by atoms with E-state index < -0.39 is 6.10 Å². The molecule has 2 aliphatic rings. The Morgan fingerprint density at radius 2 is 1.73 bits per heavy atom. The maximum atomic E-state index is 12.7. The van der Waals surface area contributed by atoms with Crippen LogP contribution in [-0.2, 0) is 17.8 Å². The molecule has 0 spiro atoms. The standard InChI is InChI=1S/C18H17NO3/c20-18(17-12-21-15-7-3-4-8-16(15)22-17)19-10-9-13-5-1-2-6-14(13)11-19/h1-8,17H,9-12H2/t17-/m0/s1. The van der Waals surface area contributed by atoms with Crippen LogP contribution >= 0.6 is 0 Å². The zero-order valence-corrected chi connectivity index (χ0v) is 12.2. The zero-order chi connectivity index (χ0) is 14.9. The maximum absolute atomic E-state index is 12.7. The van der Waals surface area contributed by atoms with Crippen LogP contribution in [-0.4, -0.2) is 30.1 Å². The van der Waals surface area contributed by atoms with E-state index in [2.05, 4.69) is 12.1 Å². The lowest BCUT2D eigenvalue weighted by Crippen LogP contribution is -2.47. The van der Waals surface area contributed by atoms with Gasteiger partial charge in [-0.3, -0.25) is 4.79 Å². The molecule has 0 aromatic heterocycles. The van der Waals surface area contributed by atoms with E-state index in [9.17, 15) is 4.79 Å². The molecule has 112 valence electrons. The van der Waals surface area contributed by atoms with Gasteiger partial charge in [0.25, 0.3) is 5.91 Å². The van der Waals surface area contributed by atoms with Gasteiger partial charge >= 0.3 is 0 Å². The van der Waals surface area contributed by atoms with Crippen molar-refractivity contribution < 1.29 is 14.3 Å². The molecule has 1 amide bonds. The normalized spacial score (nSPS) is 19.5. The van der Waals surface area contributed by atoms with Crippen molar-refractivity contribution in [1.82, 2.24) is 4.90 Å². The number of fused-ring (bicyclic) bond motifs is 2. The van der Waals surface area contributed by atoms with Gasteiger partial charge in [0, 0.05) is 13.1 Å². The molecular formula is C18H17NO3. The van der Waals surface area contributed by atoms with Crippen molar-refractivity contribution in [3.05, 3.63) is 59.7 Å². The first-order valence-corrected chi connectivity index (χ1v) is 7.55. The molecule has 0 saturated heterocycles. The van der Waals surface area contributed by atoms with E-state index in [4.69, 9.17) is 9.47 Å². The van der Waals surface area contributed by atoms with Crippen LogP contribution in [0.3, 0.4) is 0 Å². The van der Waals surface area contributed by atoms with Crippen molar-refractivity contribution in [2.45, 2.75) is 19.1 Å². The number of para-hydroxylation sites is 2. The minimum atomic E-state index is -0.555. The Morgan fingerprint density at radius 3 is 2.59 bits per heavy atom. The van der Waals surface area contributed by atoms with Crippen LogP contribution in [0.1, 0.15) is 11.1 Å². The molecule has 1 atom stereocenters. The number of amides is 1. The van der Waals surface area contributed by atoms with Gasteiger partial charge < -0.3 is 14.4 Å². The minimum absolute atomic E-state index is 0.00371. The first kappa shape index (κ1) is 13.2. The number of ether oxygens (including phenoxy) is 2. The summed E-state index contributed by atoms with van der Waals surface area (Å²) in [7, 11) is 0. The Balaban J connectivity index is 1.50. The topological polar surface area (TPSA) is 38.8 Å². The molecule has 4 heteroatoms. The number of nitrogens with zero attached hydrogens (tertiary/aromatic N) is 1. The average Bonchev–Trinajstić information content (AvgIpc) is 2.60. The lowest BCUT2D eigenvalue weighted by Gasteiger charge is -2.33. The summed E-state index contributed by atoms with van der Waals surface area (Å²) in [5.41, 5.74) is 2.55. The van der Waals surface area contributed by atoms with Crippen molar-refractivity contribution >= 4 is 5.91 Å². The Bertz CT molecular complexity index is 653. The molecule has 2 aromatic carbocycles. The maximum Gasteiger partial charge on any atom is 0.267 e. The summed E-state index contributed by atoms with van der Waals surface area (Å²) < 4.78 is 11.5. The zero-order valence-electron chi connectivity index (χ0n) is 12.2. The van der Waals surface area contributed by atoms with Gasteiger partial charge in [-0.25, -0.2) is 0 Å². The predicted octanol–water partition coefficient (Wildman–Crippen LogP) is 2.41. The molecule has 0 bridgehead atoms. The molecule has 4 rings (SSSR count). The molecule has 0 unspecified atom stereocenters. The quantitative estimate of drug-likeness (QED) is 0.811. The van der Waals surface area contributed by atoms with Crippen LogP contribution in [0.15, 0.2) is 48.5 Å². The van der Waals surface area contributed by atoms with Crippen molar-refractivity contribution in [3.8, 4) is 11.5 Å². The molecule has 0 radical (unpaired) electrons. The summed E-state index contributed by atoms with van der Waals surface area (Å²) >= 11 is 0. The fraction of sp³-hybridized carbons (Fsp3) is 0.278. The SMILES string of the molecule is O=C([C@@H]1COc2ccccc2O1)N1CCc2ccccc2C1. The third kappa shape index (κ3) is 2.30. The summed E-state index contributed by atoms with van der Waals surface area (Å²) in [6.07, 6.45) is 0.340. The Labute approximate surface area is 129 Å². The molecule has 2 heterocycles. The van der Waals surface area contributed by atoms with E-state index in [0.717, 1.165) is 13.0 Å².